The summed E-state index contributed by atoms with van der Waals surface area (Å²) >= 11 is 1.92. The molecule has 0 saturated heterocycles. The van der Waals surface area contributed by atoms with E-state index in [0.29, 0.717) is 0 Å². The molecule has 0 aliphatic heterocycles. The quantitative estimate of drug-likeness (QED) is 0.235. The lowest BCUT2D eigenvalue weighted by atomic mass is 9.98. The van der Waals surface area contributed by atoms with Gasteiger partial charge in [-0.05, 0) is 40.4 Å². The second-order valence-corrected chi connectivity index (χ2v) is 9.98. The van der Waals surface area contributed by atoms with E-state index >= 15 is 0 Å². The Hall–Kier alpha value is -4.14. The van der Waals surface area contributed by atoms with E-state index in [2.05, 4.69) is 120 Å². The molecule has 2 heterocycles. The minimum Gasteiger partial charge on any atom is -0.309 e. The Labute approximate surface area is 200 Å². The highest BCUT2D eigenvalue weighted by molar-refractivity contribution is 7.27. The first-order valence-corrected chi connectivity index (χ1v) is 12.4. The van der Waals surface area contributed by atoms with Crippen LogP contribution in [-0.4, -0.2) is 4.57 Å². The van der Waals surface area contributed by atoms with Gasteiger partial charge in [-0.15, -0.1) is 11.3 Å². The van der Waals surface area contributed by atoms with Crippen molar-refractivity contribution in [2.75, 3.05) is 0 Å². The van der Waals surface area contributed by atoms with Crippen LogP contribution in [0.5, 0.6) is 0 Å². The first kappa shape index (κ1) is 18.3. The fourth-order valence-electron chi connectivity index (χ4n) is 5.78. The zero-order valence-corrected chi connectivity index (χ0v) is 19.1. The van der Waals surface area contributed by atoms with Gasteiger partial charge in [0.2, 0.25) is 0 Å². The maximum Gasteiger partial charge on any atom is 0.0634 e. The minimum absolute atomic E-state index is 1.20. The van der Waals surface area contributed by atoms with Crippen molar-refractivity contribution >= 4 is 74.9 Å². The van der Waals surface area contributed by atoms with Gasteiger partial charge in [-0.3, -0.25) is 0 Å². The molecule has 0 aliphatic carbocycles. The normalized spacial score (nSPS) is 12.1. The Balaban J connectivity index is 1.80. The number of aromatic nitrogens is 1. The summed E-state index contributed by atoms with van der Waals surface area (Å²) in [7, 11) is 0. The van der Waals surface area contributed by atoms with E-state index in [1.54, 1.807) is 0 Å². The summed E-state index contributed by atoms with van der Waals surface area (Å²) in [5, 5.41) is 10.7. The van der Waals surface area contributed by atoms with Crippen LogP contribution in [0.25, 0.3) is 69.2 Å². The van der Waals surface area contributed by atoms with Gasteiger partial charge in [0.15, 0.2) is 0 Å². The smallest absolute Gasteiger partial charge is 0.0634 e. The van der Waals surface area contributed by atoms with Crippen LogP contribution >= 0.6 is 11.3 Å². The predicted molar refractivity (Wildman–Crippen MR) is 149 cm³/mol. The average molecular weight is 450 g/mol. The Morgan fingerprint density at radius 3 is 2.00 bits per heavy atom. The van der Waals surface area contributed by atoms with Gasteiger partial charge in [0.05, 0.1) is 11.0 Å². The number of thiophene rings is 1. The van der Waals surface area contributed by atoms with Crippen molar-refractivity contribution in [3.63, 3.8) is 0 Å². The van der Waals surface area contributed by atoms with Crippen molar-refractivity contribution in [3.05, 3.63) is 115 Å². The first-order chi connectivity index (χ1) is 16.9. The molecule has 2 heteroatoms. The third kappa shape index (κ3) is 2.28. The number of rotatable bonds is 1. The molecule has 8 aromatic rings. The van der Waals surface area contributed by atoms with Gasteiger partial charge in [-0.2, -0.15) is 0 Å². The van der Waals surface area contributed by atoms with E-state index in [-0.39, 0.29) is 0 Å². The number of hydrogen-bond acceptors (Lipinski definition) is 1. The van der Waals surface area contributed by atoms with Gasteiger partial charge in [0.1, 0.15) is 0 Å². The number of para-hydroxylation sites is 1. The number of fused-ring (bicyclic) bond motifs is 12. The Kier molecular flexibility index (Phi) is 3.60. The SMILES string of the molecule is c1ccc(-n2c3ccc4ccccc4c3c3c4sc5ccccc5c4c4ccccc4c32)cc1. The topological polar surface area (TPSA) is 4.93 Å². The fraction of sp³-hybridized carbons (Fsp3) is 0. The Bertz CT molecular complexity index is 2060. The molecule has 1 nitrogen and oxygen atoms in total. The van der Waals surface area contributed by atoms with E-state index in [1.807, 2.05) is 11.3 Å². The molecule has 0 spiro atoms. The van der Waals surface area contributed by atoms with Crippen LogP contribution in [0.2, 0.25) is 0 Å². The highest BCUT2D eigenvalue weighted by Crippen LogP contribution is 2.49. The zero-order valence-electron chi connectivity index (χ0n) is 18.3. The number of benzene rings is 6. The van der Waals surface area contributed by atoms with Crippen molar-refractivity contribution in [1.29, 1.82) is 0 Å². The van der Waals surface area contributed by atoms with Gasteiger partial charge in [0.25, 0.3) is 0 Å². The summed E-state index contributed by atoms with van der Waals surface area (Å²) in [5.74, 6) is 0. The third-order valence-corrected chi connectivity index (χ3v) is 8.34. The van der Waals surface area contributed by atoms with Gasteiger partial charge < -0.3 is 4.57 Å². The molecule has 0 radical (unpaired) electrons. The molecular weight excluding hydrogens is 430 g/mol. The summed E-state index contributed by atoms with van der Waals surface area (Å²) < 4.78 is 5.20. The highest BCUT2D eigenvalue weighted by atomic mass is 32.1. The molecule has 0 fully saturated rings. The molecule has 0 bridgehead atoms. The fourth-order valence-corrected chi connectivity index (χ4v) is 7.05. The van der Waals surface area contributed by atoms with E-state index in [0.717, 1.165) is 0 Å². The lowest BCUT2D eigenvalue weighted by Gasteiger charge is -2.10. The second kappa shape index (κ2) is 6.69. The summed E-state index contributed by atoms with van der Waals surface area (Å²) in [5.41, 5.74) is 3.76. The molecule has 8 rings (SSSR count). The number of nitrogens with zero attached hydrogens (tertiary/aromatic N) is 1. The zero-order chi connectivity index (χ0) is 22.2. The van der Waals surface area contributed by atoms with Crippen molar-refractivity contribution in [2.24, 2.45) is 0 Å². The predicted octanol–water partition coefficient (Wildman–Crippen LogP) is 9.46. The maximum atomic E-state index is 2.48. The molecule has 0 N–H and O–H groups in total. The molecule has 2 aromatic heterocycles. The molecule has 0 amide bonds. The van der Waals surface area contributed by atoms with E-state index in [4.69, 9.17) is 0 Å². The second-order valence-electron chi connectivity index (χ2n) is 8.92. The van der Waals surface area contributed by atoms with Crippen molar-refractivity contribution in [3.8, 4) is 5.69 Å². The maximum absolute atomic E-state index is 2.48. The number of hydrogen-bond donors (Lipinski definition) is 0. The van der Waals surface area contributed by atoms with E-state index in [9.17, 15) is 0 Å². The average Bonchev–Trinajstić information content (AvgIpc) is 3.46. The monoisotopic (exact) mass is 449 g/mol. The van der Waals surface area contributed by atoms with Gasteiger partial charge in [-0.1, -0.05) is 91.0 Å². The van der Waals surface area contributed by atoms with Crippen LogP contribution in [0.15, 0.2) is 115 Å². The molecule has 0 saturated carbocycles. The summed E-state index contributed by atoms with van der Waals surface area (Å²) in [6.07, 6.45) is 0. The largest absolute Gasteiger partial charge is 0.309 e. The standard InChI is InChI=1S/C32H19NS/c1-2-11-21(12-3-1)33-26-19-18-20-10-4-5-13-22(20)29(26)30-31(33)24-15-7-6-14-23(24)28-25-16-8-9-17-27(25)34-32(28)30/h1-19H. The van der Waals surface area contributed by atoms with Crippen LogP contribution in [0.4, 0.5) is 0 Å². The van der Waals surface area contributed by atoms with Gasteiger partial charge in [0, 0.05) is 42.0 Å². The van der Waals surface area contributed by atoms with Crippen LogP contribution in [0, 0.1) is 0 Å². The molecule has 0 aliphatic rings. The molecule has 6 aromatic carbocycles. The van der Waals surface area contributed by atoms with Crippen molar-refractivity contribution in [2.45, 2.75) is 0 Å². The van der Waals surface area contributed by atoms with E-state index < -0.39 is 0 Å². The Morgan fingerprint density at radius 1 is 0.471 bits per heavy atom. The molecular formula is C32H19NS. The summed E-state index contributed by atoms with van der Waals surface area (Å²) in [4.78, 5) is 0. The summed E-state index contributed by atoms with van der Waals surface area (Å²) in [6.45, 7) is 0. The molecule has 34 heavy (non-hydrogen) atoms. The van der Waals surface area contributed by atoms with Crippen LogP contribution in [0.3, 0.4) is 0 Å². The lowest BCUT2D eigenvalue weighted by Crippen LogP contribution is -1.94. The van der Waals surface area contributed by atoms with Crippen molar-refractivity contribution < 1.29 is 0 Å². The van der Waals surface area contributed by atoms with Crippen LogP contribution in [-0.2, 0) is 0 Å². The summed E-state index contributed by atoms with van der Waals surface area (Å²) in [6, 6.07) is 42.0. The van der Waals surface area contributed by atoms with Crippen molar-refractivity contribution in [1.82, 2.24) is 4.57 Å². The first-order valence-electron chi connectivity index (χ1n) is 11.6. The Morgan fingerprint density at radius 2 is 1.15 bits per heavy atom. The molecule has 0 atom stereocenters. The molecule has 158 valence electrons. The minimum atomic E-state index is 1.20. The van der Waals surface area contributed by atoms with Crippen LogP contribution < -0.4 is 0 Å². The molecule has 0 unspecified atom stereocenters. The van der Waals surface area contributed by atoms with Crippen LogP contribution in [0.1, 0.15) is 0 Å². The van der Waals surface area contributed by atoms with E-state index in [1.165, 1.54) is 69.2 Å². The lowest BCUT2D eigenvalue weighted by molar-refractivity contribution is 1.19. The third-order valence-electron chi connectivity index (χ3n) is 7.15. The van der Waals surface area contributed by atoms with Gasteiger partial charge >= 0.3 is 0 Å². The highest BCUT2D eigenvalue weighted by Gasteiger charge is 2.22. The van der Waals surface area contributed by atoms with Gasteiger partial charge in [-0.25, -0.2) is 0 Å².